The second kappa shape index (κ2) is 4.06. The number of aliphatic carboxylic acids is 1. The Labute approximate surface area is 80.1 Å². The Morgan fingerprint density at radius 2 is 2.29 bits per heavy atom. The van der Waals surface area contributed by atoms with Crippen molar-refractivity contribution in [3.05, 3.63) is 29.6 Å². The van der Waals surface area contributed by atoms with E-state index in [2.05, 4.69) is 0 Å². The number of nitrogens with two attached hydrogens (primary N) is 1. The van der Waals surface area contributed by atoms with Gasteiger partial charge in [0.1, 0.15) is 17.6 Å². The van der Waals surface area contributed by atoms with Gasteiger partial charge in [-0.25, -0.2) is 4.39 Å². The fraction of sp³-hybridized carbons (Fsp3) is 0.222. The maximum Gasteiger partial charge on any atom is 0.325 e. The van der Waals surface area contributed by atoms with Crippen LogP contribution in [-0.4, -0.2) is 18.2 Å². The van der Waals surface area contributed by atoms with Crippen LogP contribution < -0.4 is 10.5 Å². The number of carboxylic acid groups (broad SMARTS) is 1. The molecule has 1 atom stereocenters. The highest BCUT2D eigenvalue weighted by molar-refractivity contribution is 5.75. The summed E-state index contributed by atoms with van der Waals surface area (Å²) in [7, 11) is 1.41. The summed E-state index contributed by atoms with van der Waals surface area (Å²) >= 11 is 0. The molecular formula is C9H10FNO3. The Hall–Kier alpha value is -1.62. The van der Waals surface area contributed by atoms with Crippen LogP contribution >= 0.6 is 0 Å². The molecular weight excluding hydrogens is 189 g/mol. The maximum absolute atomic E-state index is 13.1. The third-order valence-corrected chi connectivity index (χ3v) is 1.80. The van der Waals surface area contributed by atoms with Crippen LogP contribution in [0.4, 0.5) is 4.39 Å². The molecule has 0 saturated carbocycles. The molecule has 0 unspecified atom stereocenters. The molecule has 1 rings (SSSR count). The molecule has 0 aromatic heterocycles. The van der Waals surface area contributed by atoms with Crippen molar-refractivity contribution in [3.8, 4) is 5.75 Å². The number of carbonyl (C=O) groups is 1. The lowest BCUT2D eigenvalue weighted by Crippen LogP contribution is -2.21. The fourth-order valence-electron chi connectivity index (χ4n) is 1.02. The van der Waals surface area contributed by atoms with E-state index < -0.39 is 17.8 Å². The first-order chi connectivity index (χ1) is 6.56. The molecule has 14 heavy (non-hydrogen) atoms. The van der Waals surface area contributed by atoms with Gasteiger partial charge in [-0.3, -0.25) is 4.79 Å². The van der Waals surface area contributed by atoms with Crippen LogP contribution in [0.2, 0.25) is 0 Å². The maximum atomic E-state index is 13.1. The molecule has 4 nitrogen and oxygen atoms in total. The topological polar surface area (TPSA) is 72.5 Å². The Bertz CT molecular complexity index is 354. The van der Waals surface area contributed by atoms with Crippen molar-refractivity contribution >= 4 is 5.97 Å². The van der Waals surface area contributed by atoms with E-state index in [0.29, 0.717) is 5.75 Å². The van der Waals surface area contributed by atoms with Crippen LogP contribution in [-0.2, 0) is 4.79 Å². The van der Waals surface area contributed by atoms with Gasteiger partial charge in [0.25, 0.3) is 0 Å². The van der Waals surface area contributed by atoms with Crippen LogP contribution in [0.15, 0.2) is 18.2 Å². The molecule has 0 spiro atoms. The highest BCUT2D eigenvalue weighted by Gasteiger charge is 2.18. The first kappa shape index (κ1) is 10.5. The highest BCUT2D eigenvalue weighted by Crippen LogP contribution is 2.21. The molecule has 76 valence electrons. The Balaban J connectivity index is 3.11. The van der Waals surface area contributed by atoms with Crippen molar-refractivity contribution in [2.24, 2.45) is 5.73 Å². The summed E-state index contributed by atoms with van der Waals surface area (Å²) in [6, 6.07) is 2.42. The summed E-state index contributed by atoms with van der Waals surface area (Å²) < 4.78 is 17.9. The van der Waals surface area contributed by atoms with E-state index in [9.17, 15) is 9.18 Å². The number of rotatable bonds is 3. The van der Waals surface area contributed by atoms with Gasteiger partial charge in [-0.05, 0) is 18.2 Å². The number of hydrogen-bond donors (Lipinski definition) is 2. The van der Waals surface area contributed by atoms with E-state index in [1.165, 1.54) is 19.2 Å². The third-order valence-electron chi connectivity index (χ3n) is 1.80. The summed E-state index contributed by atoms with van der Waals surface area (Å²) in [4.78, 5) is 10.5. The van der Waals surface area contributed by atoms with Crippen LogP contribution in [0, 0.1) is 5.82 Å². The van der Waals surface area contributed by atoms with Gasteiger partial charge in [-0.15, -0.1) is 0 Å². The Morgan fingerprint density at radius 1 is 1.64 bits per heavy atom. The molecule has 0 radical (unpaired) electrons. The van der Waals surface area contributed by atoms with Gasteiger partial charge < -0.3 is 15.6 Å². The van der Waals surface area contributed by atoms with Gasteiger partial charge in [0, 0.05) is 5.56 Å². The lowest BCUT2D eigenvalue weighted by atomic mass is 10.1. The average molecular weight is 199 g/mol. The lowest BCUT2D eigenvalue weighted by Gasteiger charge is -2.09. The first-order valence-electron chi connectivity index (χ1n) is 3.88. The molecule has 0 aliphatic heterocycles. The van der Waals surface area contributed by atoms with E-state index in [4.69, 9.17) is 15.6 Å². The molecule has 0 amide bonds. The fourth-order valence-corrected chi connectivity index (χ4v) is 1.02. The molecule has 1 aromatic carbocycles. The SMILES string of the molecule is COc1ccc(F)c([C@H](N)C(=O)O)c1. The van der Waals surface area contributed by atoms with Crippen molar-refractivity contribution in [3.63, 3.8) is 0 Å². The molecule has 3 N–H and O–H groups in total. The summed E-state index contributed by atoms with van der Waals surface area (Å²) in [5.41, 5.74) is 5.18. The van der Waals surface area contributed by atoms with E-state index >= 15 is 0 Å². The standard InChI is InChI=1S/C9H10FNO3/c1-14-5-2-3-7(10)6(4-5)8(11)9(12)13/h2-4,8H,11H2,1H3,(H,12,13)/t8-/m0/s1. The summed E-state index contributed by atoms with van der Waals surface area (Å²) in [5, 5.41) is 8.59. The zero-order chi connectivity index (χ0) is 10.7. The molecule has 0 aliphatic carbocycles. The number of carboxylic acids is 1. The molecule has 0 bridgehead atoms. The number of benzene rings is 1. The normalized spacial score (nSPS) is 12.2. The highest BCUT2D eigenvalue weighted by atomic mass is 19.1. The predicted octanol–water partition coefficient (Wildman–Crippen LogP) is 0.919. The van der Waals surface area contributed by atoms with Crippen molar-refractivity contribution in [2.75, 3.05) is 7.11 Å². The van der Waals surface area contributed by atoms with Crippen LogP contribution in [0.5, 0.6) is 5.75 Å². The molecule has 0 fully saturated rings. The van der Waals surface area contributed by atoms with Gasteiger partial charge in [0.2, 0.25) is 0 Å². The average Bonchev–Trinajstić information content (AvgIpc) is 2.17. The van der Waals surface area contributed by atoms with Crippen LogP contribution in [0.25, 0.3) is 0 Å². The van der Waals surface area contributed by atoms with Crippen molar-refractivity contribution in [1.82, 2.24) is 0 Å². The Kier molecular flexibility index (Phi) is 3.03. The number of hydrogen-bond acceptors (Lipinski definition) is 3. The van der Waals surface area contributed by atoms with Crippen molar-refractivity contribution < 1.29 is 19.0 Å². The second-order valence-corrected chi connectivity index (χ2v) is 2.70. The van der Waals surface area contributed by atoms with E-state index in [1.54, 1.807) is 0 Å². The third kappa shape index (κ3) is 2.00. The number of ether oxygens (including phenoxy) is 1. The molecule has 5 heteroatoms. The quantitative estimate of drug-likeness (QED) is 0.759. The molecule has 1 aromatic rings. The smallest absolute Gasteiger partial charge is 0.325 e. The van der Waals surface area contributed by atoms with E-state index in [1.807, 2.05) is 0 Å². The van der Waals surface area contributed by atoms with Gasteiger partial charge in [-0.1, -0.05) is 0 Å². The van der Waals surface area contributed by atoms with Gasteiger partial charge in [0.15, 0.2) is 0 Å². The van der Waals surface area contributed by atoms with Gasteiger partial charge in [0.05, 0.1) is 7.11 Å². The monoisotopic (exact) mass is 199 g/mol. The predicted molar refractivity (Wildman–Crippen MR) is 47.5 cm³/mol. The largest absolute Gasteiger partial charge is 0.497 e. The number of methoxy groups -OCH3 is 1. The van der Waals surface area contributed by atoms with Crippen LogP contribution in [0.1, 0.15) is 11.6 Å². The molecule has 0 saturated heterocycles. The zero-order valence-electron chi connectivity index (χ0n) is 7.53. The minimum Gasteiger partial charge on any atom is -0.497 e. The summed E-state index contributed by atoms with van der Waals surface area (Å²) in [6.45, 7) is 0. The van der Waals surface area contributed by atoms with Gasteiger partial charge in [-0.2, -0.15) is 0 Å². The summed E-state index contributed by atoms with van der Waals surface area (Å²) in [6.07, 6.45) is 0. The van der Waals surface area contributed by atoms with Gasteiger partial charge >= 0.3 is 5.97 Å². The molecule has 0 heterocycles. The first-order valence-corrected chi connectivity index (χ1v) is 3.88. The minimum atomic E-state index is -1.37. The number of halogens is 1. The Morgan fingerprint density at radius 3 is 2.79 bits per heavy atom. The van der Waals surface area contributed by atoms with E-state index in [0.717, 1.165) is 6.07 Å². The summed E-state index contributed by atoms with van der Waals surface area (Å²) in [5.74, 6) is -1.56. The van der Waals surface area contributed by atoms with E-state index in [-0.39, 0.29) is 5.56 Å². The molecule has 0 aliphatic rings. The van der Waals surface area contributed by atoms with Crippen molar-refractivity contribution in [2.45, 2.75) is 6.04 Å². The second-order valence-electron chi connectivity index (χ2n) is 2.70. The zero-order valence-corrected chi connectivity index (χ0v) is 7.53. The van der Waals surface area contributed by atoms with Crippen molar-refractivity contribution in [1.29, 1.82) is 0 Å². The lowest BCUT2D eigenvalue weighted by molar-refractivity contribution is -0.138. The van der Waals surface area contributed by atoms with Crippen LogP contribution in [0.3, 0.4) is 0 Å². The minimum absolute atomic E-state index is 0.0862.